The highest BCUT2D eigenvalue weighted by molar-refractivity contribution is 5.94. The smallest absolute Gasteiger partial charge is 0.321 e. The third-order valence-electron chi connectivity index (χ3n) is 4.13. The van der Waals surface area contributed by atoms with Crippen molar-refractivity contribution in [3.8, 4) is 0 Å². The van der Waals surface area contributed by atoms with Crippen LogP contribution in [0.3, 0.4) is 0 Å². The maximum absolute atomic E-state index is 13.0. The van der Waals surface area contributed by atoms with Crippen LogP contribution in [-0.4, -0.2) is 30.6 Å². The summed E-state index contributed by atoms with van der Waals surface area (Å²) in [7, 11) is 0. The van der Waals surface area contributed by atoms with Crippen LogP contribution in [0, 0.1) is 5.82 Å². The fourth-order valence-electron chi connectivity index (χ4n) is 2.45. The fourth-order valence-corrected chi connectivity index (χ4v) is 2.45. The zero-order valence-electron chi connectivity index (χ0n) is 13.7. The minimum atomic E-state index is -0.443. The van der Waals surface area contributed by atoms with Crippen molar-refractivity contribution >= 4 is 11.9 Å². The number of benzene rings is 1. The number of urea groups is 1. The molecule has 1 aliphatic rings. The van der Waals surface area contributed by atoms with Crippen molar-refractivity contribution in [1.29, 1.82) is 0 Å². The van der Waals surface area contributed by atoms with Gasteiger partial charge < -0.3 is 10.2 Å². The van der Waals surface area contributed by atoms with Crippen molar-refractivity contribution < 1.29 is 18.9 Å². The molecule has 0 spiro atoms. The van der Waals surface area contributed by atoms with Crippen molar-refractivity contribution in [2.75, 3.05) is 6.54 Å². The van der Waals surface area contributed by atoms with E-state index in [1.165, 1.54) is 12.1 Å². The molecule has 1 unspecified atom stereocenters. The lowest BCUT2D eigenvalue weighted by Gasteiger charge is -2.19. The Morgan fingerprint density at radius 1 is 1.30 bits per heavy atom. The Bertz CT molecular complexity index is 543. The Morgan fingerprint density at radius 2 is 1.96 bits per heavy atom. The van der Waals surface area contributed by atoms with E-state index in [9.17, 15) is 14.0 Å². The van der Waals surface area contributed by atoms with Gasteiger partial charge in [0.05, 0.1) is 6.04 Å². The van der Waals surface area contributed by atoms with E-state index in [0.29, 0.717) is 12.6 Å². The monoisotopic (exact) mass is 322 g/mol. The summed E-state index contributed by atoms with van der Waals surface area (Å²) in [4.78, 5) is 24.9. The summed E-state index contributed by atoms with van der Waals surface area (Å²) >= 11 is 0. The zero-order valence-corrected chi connectivity index (χ0v) is 13.7. The Morgan fingerprint density at radius 3 is 2.52 bits per heavy atom. The van der Waals surface area contributed by atoms with Gasteiger partial charge in [0.2, 0.25) is 0 Å². The second-order valence-electron chi connectivity index (χ2n) is 6.24. The molecule has 0 saturated heterocycles. The summed E-state index contributed by atoms with van der Waals surface area (Å²) in [6.45, 7) is 4.76. The van der Waals surface area contributed by atoms with E-state index in [1.807, 2.05) is 13.8 Å². The summed E-state index contributed by atoms with van der Waals surface area (Å²) in [6, 6.07) is 6.38. The Balaban J connectivity index is 1.85. The maximum atomic E-state index is 13.0. The number of nitrogens with one attached hydrogen (secondary N) is 3. The second kappa shape index (κ2) is 8.06. The molecular weight excluding hydrogens is 297 g/mol. The van der Waals surface area contributed by atoms with Crippen LogP contribution in [0.5, 0.6) is 0 Å². The maximum Gasteiger partial charge on any atom is 0.321 e. The van der Waals surface area contributed by atoms with Crippen molar-refractivity contribution in [3.63, 3.8) is 0 Å². The molecule has 0 bridgehead atoms. The van der Waals surface area contributed by atoms with Gasteiger partial charge in [-0.05, 0) is 25.5 Å². The van der Waals surface area contributed by atoms with Gasteiger partial charge in [-0.3, -0.25) is 10.1 Å². The zero-order chi connectivity index (χ0) is 16.8. The number of quaternary nitrogens is 1. The van der Waals surface area contributed by atoms with Gasteiger partial charge in [-0.25, -0.2) is 9.18 Å². The van der Waals surface area contributed by atoms with Gasteiger partial charge in [0, 0.05) is 24.4 Å². The first kappa shape index (κ1) is 17.4. The van der Waals surface area contributed by atoms with E-state index in [-0.39, 0.29) is 24.3 Å². The molecule has 126 valence electrons. The molecular formula is C17H25FN3O2+. The first-order valence-corrected chi connectivity index (χ1v) is 8.17. The quantitative estimate of drug-likeness (QED) is 0.701. The molecule has 1 aromatic carbocycles. The van der Waals surface area contributed by atoms with Crippen molar-refractivity contribution in [2.45, 2.75) is 51.7 Å². The van der Waals surface area contributed by atoms with Crippen LogP contribution in [0.4, 0.5) is 9.18 Å². The molecule has 2 rings (SSSR count). The van der Waals surface area contributed by atoms with Gasteiger partial charge in [0.15, 0.2) is 6.54 Å². The molecule has 1 fully saturated rings. The molecule has 1 aliphatic carbocycles. The van der Waals surface area contributed by atoms with E-state index in [2.05, 4.69) is 10.6 Å². The van der Waals surface area contributed by atoms with Crippen molar-refractivity contribution in [2.24, 2.45) is 0 Å². The van der Waals surface area contributed by atoms with Crippen LogP contribution in [0.2, 0.25) is 0 Å². The molecule has 6 heteroatoms. The molecule has 5 nitrogen and oxygen atoms in total. The largest absolute Gasteiger partial charge is 0.335 e. The third kappa shape index (κ3) is 5.98. The SMILES string of the molecule is CC[C@@H](C)NC(=O)NC(=O)C[NH+](Cc1ccc(F)cc1)C1CC1. The number of carbonyl (C=O) groups excluding carboxylic acids is 2. The van der Waals surface area contributed by atoms with Crippen molar-refractivity contribution in [3.05, 3.63) is 35.6 Å². The number of hydrogen-bond donors (Lipinski definition) is 3. The van der Waals surface area contributed by atoms with Crippen LogP contribution in [0.25, 0.3) is 0 Å². The molecule has 0 radical (unpaired) electrons. The molecule has 23 heavy (non-hydrogen) atoms. The van der Waals surface area contributed by atoms with Gasteiger partial charge in [-0.1, -0.05) is 19.1 Å². The molecule has 1 saturated carbocycles. The third-order valence-corrected chi connectivity index (χ3v) is 4.13. The molecule has 1 aromatic rings. The summed E-state index contributed by atoms with van der Waals surface area (Å²) in [6.07, 6.45) is 2.98. The van der Waals surface area contributed by atoms with Crippen LogP contribution in [0.1, 0.15) is 38.7 Å². The van der Waals surface area contributed by atoms with E-state index in [4.69, 9.17) is 0 Å². The lowest BCUT2D eigenvalue weighted by atomic mass is 10.2. The minimum absolute atomic E-state index is 0.0360. The fraction of sp³-hybridized carbons (Fsp3) is 0.529. The Labute approximate surface area is 136 Å². The molecule has 2 atom stereocenters. The second-order valence-corrected chi connectivity index (χ2v) is 6.24. The van der Waals surface area contributed by atoms with Gasteiger partial charge in [0.1, 0.15) is 12.4 Å². The summed E-state index contributed by atoms with van der Waals surface area (Å²) in [5.41, 5.74) is 0.991. The highest BCUT2D eigenvalue weighted by atomic mass is 19.1. The summed E-state index contributed by atoms with van der Waals surface area (Å²) < 4.78 is 13.0. The summed E-state index contributed by atoms with van der Waals surface area (Å²) in [5.74, 6) is -0.545. The number of hydrogen-bond acceptors (Lipinski definition) is 2. The van der Waals surface area contributed by atoms with E-state index < -0.39 is 6.03 Å². The predicted molar refractivity (Wildman–Crippen MR) is 85.4 cm³/mol. The average Bonchev–Trinajstić information content (AvgIpc) is 3.33. The van der Waals surface area contributed by atoms with Crippen LogP contribution >= 0.6 is 0 Å². The van der Waals surface area contributed by atoms with E-state index >= 15 is 0 Å². The van der Waals surface area contributed by atoms with Crippen LogP contribution < -0.4 is 15.5 Å². The number of imide groups is 1. The molecule has 3 amide bonds. The number of halogens is 1. The van der Waals surface area contributed by atoms with Gasteiger partial charge >= 0.3 is 6.03 Å². The van der Waals surface area contributed by atoms with Gasteiger partial charge in [-0.15, -0.1) is 0 Å². The molecule has 3 N–H and O–H groups in total. The van der Waals surface area contributed by atoms with Crippen LogP contribution in [-0.2, 0) is 11.3 Å². The van der Waals surface area contributed by atoms with Crippen molar-refractivity contribution in [1.82, 2.24) is 10.6 Å². The first-order chi connectivity index (χ1) is 11.0. The Kier molecular flexibility index (Phi) is 6.10. The standard InChI is InChI=1S/C17H24FN3O2/c1-3-12(2)19-17(23)20-16(22)11-21(15-8-9-15)10-13-4-6-14(18)7-5-13/h4-7,12,15H,3,8-11H2,1-2H3,(H2,19,20,22,23)/p+1/t12-/m1/s1. The number of rotatable bonds is 7. The highest BCUT2D eigenvalue weighted by Crippen LogP contribution is 2.15. The molecule has 0 aromatic heterocycles. The summed E-state index contributed by atoms with van der Waals surface area (Å²) in [5, 5.41) is 5.10. The van der Waals surface area contributed by atoms with E-state index in [1.54, 1.807) is 12.1 Å². The molecule has 0 aliphatic heterocycles. The average molecular weight is 322 g/mol. The van der Waals surface area contributed by atoms with Crippen LogP contribution in [0.15, 0.2) is 24.3 Å². The first-order valence-electron chi connectivity index (χ1n) is 8.17. The topological polar surface area (TPSA) is 62.6 Å². The normalized spacial score (nSPS) is 16.5. The lowest BCUT2D eigenvalue weighted by Crippen LogP contribution is -3.13. The minimum Gasteiger partial charge on any atom is -0.335 e. The molecule has 0 heterocycles. The highest BCUT2D eigenvalue weighted by Gasteiger charge is 2.34. The number of amides is 3. The van der Waals surface area contributed by atoms with E-state index in [0.717, 1.165) is 29.7 Å². The van der Waals surface area contributed by atoms with Gasteiger partial charge in [-0.2, -0.15) is 0 Å². The number of carbonyl (C=O) groups is 2. The Hall–Kier alpha value is -1.95. The van der Waals surface area contributed by atoms with Gasteiger partial charge in [0.25, 0.3) is 5.91 Å². The predicted octanol–water partition coefficient (Wildman–Crippen LogP) is 0.997. The lowest BCUT2D eigenvalue weighted by molar-refractivity contribution is -0.917.